The molecule has 0 radical (unpaired) electrons. The van der Waals surface area contributed by atoms with Crippen molar-refractivity contribution in [1.29, 1.82) is 0 Å². The molecule has 0 aliphatic rings. The summed E-state index contributed by atoms with van der Waals surface area (Å²) in [5, 5.41) is 0.295. The zero-order chi connectivity index (χ0) is 14.5. The van der Waals surface area contributed by atoms with Crippen molar-refractivity contribution >= 4 is 55.0 Å². The Kier molecular flexibility index (Phi) is 6.96. The number of nitrogens with one attached hydrogen (secondary N) is 1. The molecule has 3 N–H and O–H groups in total. The lowest BCUT2D eigenvalue weighted by Crippen LogP contribution is -2.25. The zero-order valence-corrected chi connectivity index (χ0v) is 14.4. The van der Waals surface area contributed by atoms with Crippen molar-refractivity contribution < 1.29 is 8.42 Å². The van der Waals surface area contributed by atoms with Crippen molar-refractivity contribution in [2.45, 2.75) is 17.7 Å². The molecule has 0 heterocycles. The van der Waals surface area contributed by atoms with E-state index >= 15 is 0 Å². The third-order valence-electron chi connectivity index (χ3n) is 2.39. The van der Waals surface area contributed by atoms with Crippen LogP contribution in [0.4, 0.5) is 5.69 Å². The summed E-state index contributed by atoms with van der Waals surface area (Å²) in [6.45, 7) is 0.405. The van der Waals surface area contributed by atoms with Gasteiger partial charge in [-0.25, -0.2) is 13.1 Å². The first-order chi connectivity index (χ1) is 8.88. The van der Waals surface area contributed by atoms with Crippen LogP contribution in [-0.4, -0.2) is 27.0 Å². The summed E-state index contributed by atoms with van der Waals surface area (Å²) in [6, 6.07) is 2.88. The van der Waals surface area contributed by atoms with E-state index < -0.39 is 10.0 Å². The van der Waals surface area contributed by atoms with Crippen molar-refractivity contribution in [3.05, 3.63) is 21.6 Å². The van der Waals surface area contributed by atoms with E-state index in [1.807, 2.05) is 6.26 Å². The van der Waals surface area contributed by atoms with E-state index in [4.69, 9.17) is 17.3 Å². The highest BCUT2D eigenvalue weighted by Crippen LogP contribution is 2.31. The van der Waals surface area contributed by atoms with Crippen molar-refractivity contribution in [3.8, 4) is 0 Å². The Hall–Kier alpha value is 0.0500. The van der Waals surface area contributed by atoms with E-state index in [9.17, 15) is 8.42 Å². The second-order valence-electron chi connectivity index (χ2n) is 3.90. The quantitative estimate of drug-likeness (QED) is 0.557. The number of halogens is 2. The molecule has 19 heavy (non-hydrogen) atoms. The van der Waals surface area contributed by atoms with E-state index in [1.54, 1.807) is 11.8 Å². The lowest BCUT2D eigenvalue weighted by atomic mass is 10.3. The molecule has 1 aromatic rings. The molecule has 1 rings (SSSR count). The van der Waals surface area contributed by atoms with E-state index in [2.05, 4.69) is 20.7 Å². The number of hydrogen-bond donors (Lipinski definition) is 2. The molecule has 108 valence electrons. The lowest BCUT2D eigenvalue weighted by molar-refractivity contribution is 0.578. The van der Waals surface area contributed by atoms with Crippen LogP contribution in [0.5, 0.6) is 0 Å². The van der Waals surface area contributed by atoms with Gasteiger partial charge in [0, 0.05) is 17.3 Å². The van der Waals surface area contributed by atoms with Gasteiger partial charge in [-0.05, 0) is 52.9 Å². The second kappa shape index (κ2) is 7.73. The summed E-state index contributed by atoms with van der Waals surface area (Å²) in [5.41, 5.74) is 5.99. The van der Waals surface area contributed by atoms with Gasteiger partial charge in [-0.15, -0.1) is 0 Å². The van der Waals surface area contributed by atoms with Gasteiger partial charge in [0.1, 0.15) is 0 Å². The fourth-order valence-electron chi connectivity index (χ4n) is 1.44. The largest absolute Gasteiger partial charge is 0.398 e. The molecule has 0 aromatic heterocycles. The van der Waals surface area contributed by atoms with Crippen LogP contribution in [0.3, 0.4) is 0 Å². The highest BCUT2D eigenvalue weighted by atomic mass is 79.9. The Morgan fingerprint density at radius 1 is 1.42 bits per heavy atom. The number of anilines is 1. The van der Waals surface area contributed by atoms with E-state index in [0.29, 0.717) is 21.7 Å². The Morgan fingerprint density at radius 3 is 2.74 bits per heavy atom. The topological polar surface area (TPSA) is 72.2 Å². The molecule has 0 spiro atoms. The molecule has 0 saturated heterocycles. The maximum absolute atomic E-state index is 12.1. The number of benzene rings is 1. The monoisotopic (exact) mass is 386 g/mol. The maximum Gasteiger partial charge on any atom is 0.241 e. The van der Waals surface area contributed by atoms with Gasteiger partial charge in [-0.1, -0.05) is 11.6 Å². The van der Waals surface area contributed by atoms with Crippen molar-refractivity contribution in [2.75, 3.05) is 24.3 Å². The molecule has 0 saturated carbocycles. The minimum atomic E-state index is -3.59. The number of sulfonamides is 1. The fraction of sp³-hybridized carbons (Fsp3) is 0.455. The minimum absolute atomic E-state index is 0.0716. The molecule has 0 fully saturated rings. The second-order valence-corrected chi connectivity index (χ2v) is 7.86. The van der Waals surface area contributed by atoms with Crippen LogP contribution in [-0.2, 0) is 10.0 Å². The molecule has 0 atom stereocenters. The third-order valence-corrected chi connectivity index (χ3v) is 5.94. The van der Waals surface area contributed by atoms with E-state index in [-0.39, 0.29) is 4.90 Å². The minimum Gasteiger partial charge on any atom is -0.398 e. The predicted octanol–water partition coefficient (Wildman–Crippen LogP) is 3.11. The summed E-state index contributed by atoms with van der Waals surface area (Å²) in [5.74, 6) is 1.02. The van der Waals surface area contributed by atoms with Crippen LogP contribution in [0.1, 0.15) is 12.8 Å². The zero-order valence-electron chi connectivity index (χ0n) is 10.4. The molecule has 0 aliphatic heterocycles. The van der Waals surface area contributed by atoms with Crippen molar-refractivity contribution in [1.82, 2.24) is 4.72 Å². The number of thioether (sulfide) groups is 1. The maximum atomic E-state index is 12.1. The third kappa shape index (κ3) is 5.15. The average Bonchev–Trinajstić information content (AvgIpc) is 2.33. The van der Waals surface area contributed by atoms with Gasteiger partial charge in [0.05, 0.1) is 9.37 Å². The first-order valence-electron chi connectivity index (χ1n) is 5.61. The van der Waals surface area contributed by atoms with Gasteiger partial charge in [-0.2, -0.15) is 11.8 Å². The molecule has 4 nitrogen and oxygen atoms in total. The molecule has 0 amide bonds. The van der Waals surface area contributed by atoms with E-state index in [0.717, 1.165) is 18.6 Å². The van der Waals surface area contributed by atoms with Crippen LogP contribution < -0.4 is 10.5 Å². The number of hydrogen-bond acceptors (Lipinski definition) is 4. The SMILES string of the molecule is CSCCCCNS(=O)(=O)c1cc(Cl)cc(N)c1Br. The van der Waals surface area contributed by atoms with Gasteiger partial charge >= 0.3 is 0 Å². The summed E-state index contributed by atoms with van der Waals surface area (Å²) in [4.78, 5) is 0.0716. The lowest BCUT2D eigenvalue weighted by Gasteiger charge is -2.10. The molecule has 8 heteroatoms. The smallest absolute Gasteiger partial charge is 0.241 e. The van der Waals surface area contributed by atoms with E-state index in [1.165, 1.54) is 12.1 Å². The van der Waals surface area contributed by atoms with Gasteiger partial charge in [0.2, 0.25) is 10.0 Å². The number of rotatable bonds is 7. The Bertz CT molecular complexity index is 538. The van der Waals surface area contributed by atoms with Crippen LogP contribution in [0, 0.1) is 0 Å². The van der Waals surface area contributed by atoms with Crippen LogP contribution in [0.2, 0.25) is 5.02 Å². The molecule has 1 aromatic carbocycles. The summed E-state index contributed by atoms with van der Waals surface area (Å²) >= 11 is 10.8. The fourth-order valence-corrected chi connectivity index (χ4v) is 4.29. The first kappa shape index (κ1) is 17.1. The summed E-state index contributed by atoms with van der Waals surface area (Å²) < 4.78 is 27.1. The molecular formula is C11H16BrClN2O2S2. The Balaban J connectivity index is 2.78. The van der Waals surface area contributed by atoms with Gasteiger partial charge in [0.15, 0.2) is 0 Å². The van der Waals surface area contributed by atoms with Crippen molar-refractivity contribution in [2.24, 2.45) is 0 Å². The standard InChI is InChI=1S/C11H16BrClN2O2S2/c1-18-5-3-2-4-15-19(16,17)10-7-8(13)6-9(14)11(10)12/h6-7,15H,2-5,14H2,1H3. The predicted molar refractivity (Wildman–Crippen MR) is 86.4 cm³/mol. The summed E-state index contributed by atoms with van der Waals surface area (Å²) in [6.07, 6.45) is 3.80. The number of nitrogen functional groups attached to an aromatic ring is 1. The number of unbranched alkanes of at least 4 members (excludes halogenated alkanes) is 1. The normalized spacial score (nSPS) is 11.7. The van der Waals surface area contributed by atoms with Crippen LogP contribution >= 0.6 is 39.3 Å². The Labute approximate surface area is 131 Å². The van der Waals surface area contributed by atoms with Crippen LogP contribution in [0.25, 0.3) is 0 Å². The van der Waals surface area contributed by atoms with Crippen LogP contribution in [0.15, 0.2) is 21.5 Å². The first-order valence-corrected chi connectivity index (χ1v) is 9.66. The Morgan fingerprint density at radius 2 is 2.11 bits per heavy atom. The van der Waals surface area contributed by atoms with Gasteiger partial charge in [0.25, 0.3) is 0 Å². The molecular weight excluding hydrogens is 372 g/mol. The average molecular weight is 388 g/mol. The molecule has 0 unspecified atom stereocenters. The molecule has 0 bridgehead atoms. The van der Waals surface area contributed by atoms with Crippen molar-refractivity contribution in [3.63, 3.8) is 0 Å². The highest BCUT2D eigenvalue weighted by molar-refractivity contribution is 9.10. The number of nitrogens with two attached hydrogens (primary N) is 1. The highest BCUT2D eigenvalue weighted by Gasteiger charge is 2.19. The van der Waals surface area contributed by atoms with Gasteiger partial charge < -0.3 is 5.73 Å². The summed E-state index contributed by atoms with van der Waals surface area (Å²) in [7, 11) is -3.59. The van der Waals surface area contributed by atoms with Gasteiger partial charge in [-0.3, -0.25) is 0 Å². The molecule has 0 aliphatic carbocycles.